The van der Waals surface area contributed by atoms with Gasteiger partial charge in [0.05, 0.1) is 17.6 Å². The van der Waals surface area contributed by atoms with E-state index >= 15 is 0 Å². The normalized spacial score (nSPS) is 10.9. The number of nitrogens with one attached hydrogen (secondary N) is 1. The summed E-state index contributed by atoms with van der Waals surface area (Å²) in [5, 5.41) is 12.7. The summed E-state index contributed by atoms with van der Waals surface area (Å²) in [6.45, 7) is 0.476. The molecule has 28 heavy (non-hydrogen) atoms. The summed E-state index contributed by atoms with van der Waals surface area (Å²) in [4.78, 5) is 17.1. The highest BCUT2D eigenvalue weighted by molar-refractivity contribution is 7.99. The lowest BCUT2D eigenvalue weighted by Crippen LogP contribution is -2.27. The van der Waals surface area contributed by atoms with Crippen LogP contribution in [-0.4, -0.2) is 48.6 Å². The standard InChI is InChI=1S/C19H18N6O2S/c1-24(11-14-10-21-25(12-14)15-6-3-2-4-7-15)17(26)13-28-19-23-22-18(27-19)16-8-5-9-20-16/h2-10,12,20H,11,13H2,1H3. The molecule has 0 saturated carbocycles. The molecular weight excluding hydrogens is 376 g/mol. The van der Waals surface area contributed by atoms with Gasteiger partial charge in [-0.3, -0.25) is 4.79 Å². The van der Waals surface area contributed by atoms with E-state index < -0.39 is 0 Å². The van der Waals surface area contributed by atoms with Crippen LogP contribution >= 0.6 is 11.8 Å². The molecule has 0 unspecified atom stereocenters. The van der Waals surface area contributed by atoms with Crippen molar-refractivity contribution in [2.75, 3.05) is 12.8 Å². The van der Waals surface area contributed by atoms with Gasteiger partial charge in [0, 0.05) is 31.5 Å². The van der Waals surface area contributed by atoms with Crippen molar-refractivity contribution in [3.8, 4) is 17.3 Å². The van der Waals surface area contributed by atoms with Gasteiger partial charge in [-0.2, -0.15) is 5.10 Å². The van der Waals surface area contributed by atoms with Crippen molar-refractivity contribution < 1.29 is 9.21 Å². The molecule has 4 rings (SSSR count). The number of amides is 1. The van der Waals surface area contributed by atoms with Crippen LogP contribution in [0.25, 0.3) is 17.3 Å². The second kappa shape index (κ2) is 8.13. The lowest BCUT2D eigenvalue weighted by molar-refractivity contribution is -0.127. The zero-order valence-corrected chi connectivity index (χ0v) is 16.0. The molecule has 8 nitrogen and oxygen atoms in total. The van der Waals surface area contributed by atoms with Gasteiger partial charge in [-0.15, -0.1) is 10.2 Å². The zero-order valence-electron chi connectivity index (χ0n) is 15.1. The van der Waals surface area contributed by atoms with Gasteiger partial charge in [-0.1, -0.05) is 30.0 Å². The SMILES string of the molecule is CN(Cc1cnn(-c2ccccc2)c1)C(=O)CSc1nnc(-c2ccc[nH]2)o1. The summed E-state index contributed by atoms with van der Waals surface area (Å²) in [6, 6.07) is 13.5. The Morgan fingerprint density at radius 2 is 2.07 bits per heavy atom. The van der Waals surface area contributed by atoms with E-state index in [0.717, 1.165) is 16.9 Å². The van der Waals surface area contributed by atoms with E-state index in [-0.39, 0.29) is 11.7 Å². The molecule has 4 aromatic rings. The number of thioether (sulfide) groups is 1. The molecule has 1 amide bonds. The van der Waals surface area contributed by atoms with Gasteiger partial charge in [0.2, 0.25) is 5.91 Å². The molecule has 3 aromatic heterocycles. The predicted octanol–water partition coefficient (Wildman–Crippen LogP) is 3.00. The Bertz CT molecular complexity index is 1040. The van der Waals surface area contributed by atoms with Crippen LogP contribution in [0.2, 0.25) is 0 Å². The van der Waals surface area contributed by atoms with E-state index in [1.165, 1.54) is 11.8 Å². The van der Waals surface area contributed by atoms with Crippen LogP contribution in [0.5, 0.6) is 0 Å². The van der Waals surface area contributed by atoms with Gasteiger partial charge in [0.15, 0.2) is 0 Å². The monoisotopic (exact) mass is 394 g/mol. The number of carbonyl (C=O) groups is 1. The quantitative estimate of drug-likeness (QED) is 0.485. The van der Waals surface area contributed by atoms with Crippen LogP contribution in [0, 0.1) is 0 Å². The molecular formula is C19H18N6O2S. The Morgan fingerprint density at radius 3 is 2.86 bits per heavy atom. The van der Waals surface area contributed by atoms with E-state index in [2.05, 4.69) is 20.3 Å². The molecule has 0 radical (unpaired) electrons. The number of aromatic nitrogens is 5. The maximum absolute atomic E-state index is 12.4. The summed E-state index contributed by atoms with van der Waals surface area (Å²) < 4.78 is 7.35. The summed E-state index contributed by atoms with van der Waals surface area (Å²) >= 11 is 1.22. The summed E-state index contributed by atoms with van der Waals surface area (Å²) in [5.74, 6) is 0.592. The Hall–Kier alpha value is -3.33. The Labute approximate surface area is 165 Å². The lowest BCUT2D eigenvalue weighted by Gasteiger charge is -2.15. The first kappa shape index (κ1) is 18.1. The largest absolute Gasteiger partial charge is 0.410 e. The molecule has 0 atom stereocenters. The van der Waals surface area contributed by atoms with E-state index in [1.54, 1.807) is 29.0 Å². The fourth-order valence-electron chi connectivity index (χ4n) is 2.60. The third kappa shape index (κ3) is 4.15. The Balaban J connectivity index is 1.31. The van der Waals surface area contributed by atoms with Gasteiger partial charge >= 0.3 is 0 Å². The molecule has 1 N–H and O–H groups in total. The molecule has 9 heteroatoms. The molecule has 3 heterocycles. The maximum atomic E-state index is 12.4. The van der Waals surface area contributed by atoms with Gasteiger partial charge in [-0.05, 0) is 24.3 Å². The minimum atomic E-state index is -0.0305. The third-order valence-corrected chi connectivity index (χ3v) is 4.86. The predicted molar refractivity (Wildman–Crippen MR) is 105 cm³/mol. The number of H-pyrrole nitrogens is 1. The van der Waals surface area contributed by atoms with Crippen LogP contribution < -0.4 is 0 Å². The van der Waals surface area contributed by atoms with Crippen LogP contribution in [-0.2, 0) is 11.3 Å². The first-order valence-electron chi connectivity index (χ1n) is 8.62. The van der Waals surface area contributed by atoms with Gasteiger partial charge in [-0.25, -0.2) is 4.68 Å². The van der Waals surface area contributed by atoms with Gasteiger partial charge in [0.25, 0.3) is 11.1 Å². The number of nitrogens with zero attached hydrogens (tertiary/aromatic N) is 5. The number of hydrogen-bond donors (Lipinski definition) is 1. The van der Waals surface area contributed by atoms with E-state index in [4.69, 9.17) is 4.42 Å². The van der Waals surface area contributed by atoms with Gasteiger partial charge < -0.3 is 14.3 Å². The molecule has 142 valence electrons. The van der Waals surface area contributed by atoms with Crippen molar-refractivity contribution in [2.45, 2.75) is 11.8 Å². The van der Waals surface area contributed by atoms with Gasteiger partial charge in [0.1, 0.15) is 5.69 Å². The minimum Gasteiger partial charge on any atom is -0.410 e. The highest BCUT2D eigenvalue weighted by Gasteiger charge is 2.15. The fourth-order valence-corrected chi connectivity index (χ4v) is 3.30. The minimum absolute atomic E-state index is 0.0305. The molecule has 0 aliphatic rings. The maximum Gasteiger partial charge on any atom is 0.277 e. The van der Waals surface area contributed by atoms with Crippen molar-refractivity contribution >= 4 is 17.7 Å². The summed E-state index contributed by atoms with van der Waals surface area (Å²) in [5.41, 5.74) is 2.68. The lowest BCUT2D eigenvalue weighted by atomic mass is 10.3. The smallest absolute Gasteiger partial charge is 0.277 e. The molecule has 1 aromatic carbocycles. The Morgan fingerprint density at radius 1 is 1.21 bits per heavy atom. The van der Waals surface area contributed by atoms with Crippen molar-refractivity contribution in [1.82, 2.24) is 29.9 Å². The number of hydrogen-bond acceptors (Lipinski definition) is 6. The second-order valence-electron chi connectivity index (χ2n) is 6.12. The second-order valence-corrected chi connectivity index (χ2v) is 7.05. The summed E-state index contributed by atoms with van der Waals surface area (Å²) in [7, 11) is 1.76. The number of para-hydroxylation sites is 1. The number of aromatic amines is 1. The topological polar surface area (TPSA) is 92.8 Å². The van der Waals surface area contributed by atoms with Crippen LogP contribution in [0.15, 0.2) is 70.7 Å². The molecule has 0 aliphatic heterocycles. The van der Waals surface area contributed by atoms with Crippen molar-refractivity contribution in [2.24, 2.45) is 0 Å². The van der Waals surface area contributed by atoms with E-state index in [1.807, 2.05) is 48.7 Å². The van der Waals surface area contributed by atoms with Crippen LogP contribution in [0.4, 0.5) is 0 Å². The average molecular weight is 394 g/mol. The molecule has 0 aliphatic carbocycles. The first-order valence-corrected chi connectivity index (χ1v) is 9.60. The number of rotatable bonds is 7. The molecule has 0 spiro atoms. The average Bonchev–Trinajstić information content (AvgIpc) is 3.47. The molecule has 0 fully saturated rings. The first-order chi connectivity index (χ1) is 13.7. The number of carbonyl (C=O) groups excluding carboxylic acids is 1. The highest BCUT2D eigenvalue weighted by atomic mass is 32.2. The van der Waals surface area contributed by atoms with Crippen molar-refractivity contribution in [3.05, 3.63) is 66.6 Å². The number of benzene rings is 1. The zero-order chi connectivity index (χ0) is 19.3. The van der Waals surface area contributed by atoms with Crippen molar-refractivity contribution in [3.63, 3.8) is 0 Å². The Kier molecular flexibility index (Phi) is 5.24. The summed E-state index contributed by atoms with van der Waals surface area (Å²) in [6.07, 6.45) is 5.47. The molecule has 0 bridgehead atoms. The third-order valence-electron chi connectivity index (χ3n) is 4.06. The molecule has 0 saturated heterocycles. The van der Waals surface area contributed by atoms with Crippen molar-refractivity contribution in [1.29, 1.82) is 0 Å². The van der Waals surface area contributed by atoms with Crippen LogP contribution in [0.1, 0.15) is 5.56 Å². The highest BCUT2D eigenvalue weighted by Crippen LogP contribution is 2.22. The fraction of sp³-hybridized carbons (Fsp3) is 0.158. The van der Waals surface area contributed by atoms with Crippen LogP contribution in [0.3, 0.4) is 0 Å². The van der Waals surface area contributed by atoms with E-state index in [0.29, 0.717) is 17.7 Å². The van der Waals surface area contributed by atoms with E-state index in [9.17, 15) is 4.79 Å².